The van der Waals surface area contributed by atoms with Crippen molar-refractivity contribution < 1.29 is 54.3 Å². The highest BCUT2D eigenvalue weighted by Crippen LogP contribution is 2.14. The highest BCUT2D eigenvalue weighted by atomic mass is 16.4. The molecular formula is C28H34N4O11. The minimum Gasteiger partial charge on any atom is -0.508 e. The highest BCUT2D eigenvalue weighted by molar-refractivity contribution is 5.94. The van der Waals surface area contributed by atoms with Crippen molar-refractivity contribution in [2.45, 2.75) is 62.7 Å². The quantitative estimate of drug-likeness (QED) is 0.111. The molecule has 0 aromatic heterocycles. The molecule has 3 amide bonds. The van der Waals surface area contributed by atoms with Gasteiger partial charge >= 0.3 is 17.9 Å². The number of nitrogens with one attached hydrogen (secondary N) is 3. The maximum absolute atomic E-state index is 13.5. The number of nitrogens with two attached hydrogens (primary N) is 1. The topological polar surface area (TPSA) is 266 Å². The van der Waals surface area contributed by atoms with E-state index in [0.717, 1.165) is 0 Å². The number of carbonyl (C=O) groups excluding carboxylic acids is 3. The molecule has 2 aromatic rings. The Morgan fingerprint density at radius 3 is 1.35 bits per heavy atom. The number of benzene rings is 2. The number of rotatable bonds is 17. The monoisotopic (exact) mass is 602 g/mol. The number of carboxylic acids is 3. The van der Waals surface area contributed by atoms with Crippen LogP contribution in [0, 0.1) is 0 Å². The molecule has 0 radical (unpaired) electrons. The lowest BCUT2D eigenvalue weighted by atomic mass is 10.0. The van der Waals surface area contributed by atoms with Gasteiger partial charge in [-0.15, -0.1) is 0 Å². The van der Waals surface area contributed by atoms with Gasteiger partial charge in [0.1, 0.15) is 29.6 Å². The molecule has 0 heterocycles. The van der Waals surface area contributed by atoms with Crippen LogP contribution in [0.3, 0.4) is 0 Å². The van der Waals surface area contributed by atoms with Gasteiger partial charge in [0.15, 0.2) is 0 Å². The maximum atomic E-state index is 13.5. The molecule has 0 aliphatic rings. The second-order valence-electron chi connectivity index (χ2n) is 9.73. The van der Waals surface area contributed by atoms with Crippen LogP contribution in [0.4, 0.5) is 0 Å². The number of hydrogen-bond donors (Lipinski definition) is 9. The number of aromatic hydroxyl groups is 2. The van der Waals surface area contributed by atoms with Crippen LogP contribution in [0.1, 0.15) is 36.8 Å². The van der Waals surface area contributed by atoms with Crippen molar-refractivity contribution in [3.8, 4) is 11.5 Å². The van der Waals surface area contributed by atoms with Gasteiger partial charge in [0.05, 0.1) is 6.04 Å². The third-order valence-electron chi connectivity index (χ3n) is 6.29. The van der Waals surface area contributed by atoms with E-state index in [1.807, 2.05) is 0 Å². The van der Waals surface area contributed by atoms with E-state index in [1.165, 1.54) is 48.5 Å². The van der Waals surface area contributed by atoms with Crippen LogP contribution < -0.4 is 21.7 Å². The second-order valence-corrected chi connectivity index (χ2v) is 9.73. The standard InChI is InChI=1S/C28H34N4O11/c29-19(9-11-23(35)36)25(39)31-21(13-15-1-5-17(33)6-2-15)27(41)32-22(14-16-3-7-18(34)8-4-16)26(40)30-20(28(42)43)10-12-24(37)38/h1-8,19-22,33-34H,9-14,29H2,(H,30,40)(H,31,39)(H,32,41)(H,35,36)(H,37,38)(H,42,43). The number of aliphatic carboxylic acids is 3. The van der Waals surface area contributed by atoms with E-state index >= 15 is 0 Å². The zero-order chi connectivity index (χ0) is 32.1. The average Bonchev–Trinajstić information content (AvgIpc) is 2.94. The molecule has 0 bridgehead atoms. The first-order chi connectivity index (χ1) is 20.2. The fourth-order valence-electron chi connectivity index (χ4n) is 3.91. The summed E-state index contributed by atoms with van der Waals surface area (Å²) in [6.07, 6.45) is -1.90. The van der Waals surface area contributed by atoms with E-state index in [4.69, 9.17) is 15.9 Å². The zero-order valence-corrected chi connectivity index (χ0v) is 22.9. The van der Waals surface area contributed by atoms with E-state index in [2.05, 4.69) is 16.0 Å². The zero-order valence-electron chi connectivity index (χ0n) is 22.9. The van der Waals surface area contributed by atoms with Crippen molar-refractivity contribution in [3.05, 3.63) is 59.7 Å². The average molecular weight is 603 g/mol. The molecule has 4 unspecified atom stereocenters. The summed E-state index contributed by atoms with van der Waals surface area (Å²) < 4.78 is 0. The number of carbonyl (C=O) groups is 6. The summed E-state index contributed by atoms with van der Waals surface area (Å²) in [6, 6.07) is 5.71. The Labute approximate surface area is 245 Å². The molecule has 0 saturated carbocycles. The molecule has 15 nitrogen and oxygen atoms in total. The fourth-order valence-corrected chi connectivity index (χ4v) is 3.91. The van der Waals surface area contributed by atoms with Crippen molar-refractivity contribution in [2.24, 2.45) is 5.73 Å². The molecule has 43 heavy (non-hydrogen) atoms. The molecule has 15 heteroatoms. The smallest absolute Gasteiger partial charge is 0.326 e. The molecule has 0 spiro atoms. The number of carboxylic acid groups (broad SMARTS) is 3. The van der Waals surface area contributed by atoms with Gasteiger partial charge in [-0.2, -0.15) is 0 Å². The van der Waals surface area contributed by atoms with Gasteiger partial charge in [0.25, 0.3) is 0 Å². The van der Waals surface area contributed by atoms with Gasteiger partial charge in [-0.25, -0.2) is 4.79 Å². The Kier molecular flexibility index (Phi) is 12.9. The fraction of sp³-hybridized carbons (Fsp3) is 0.357. The van der Waals surface area contributed by atoms with Gasteiger partial charge in [-0.3, -0.25) is 24.0 Å². The highest BCUT2D eigenvalue weighted by Gasteiger charge is 2.31. The summed E-state index contributed by atoms with van der Waals surface area (Å²) in [4.78, 5) is 73.0. The van der Waals surface area contributed by atoms with Gasteiger partial charge in [-0.05, 0) is 48.2 Å². The van der Waals surface area contributed by atoms with Crippen molar-refractivity contribution in [3.63, 3.8) is 0 Å². The summed E-state index contributed by atoms with van der Waals surface area (Å²) in [5.74, 6) is -6.71. The Balaban J connectivity index is 2.33. The van der Waals surface area contributed by atoms with E-state index in [-0.39, 0.29) is 30.8 Å². The molecule has 0 aliphatic carbocycles. The molecular weight excluding hydrogens is 568 g/mol. The molecule has 4 atom stereocenters. The Bertz CT molecular complexity index is 1300. The third kappa shape index (κ3) is 12.1. The second kappa shape index (κ2) is 16.3. The molecule has 0 aliphatic heterocycles. The van der Waals surface area contributed by atoms with Crippen LogP contribution in [0.25, 0.3) is 0 Å². The molecule has 10 N–H and O–H groups in total. The van der Waals surface area contributed by atoms with Gasteiger partial charge in [-0.1, -0.05) is 24.3 Å². The first-order valence-electron chi connectivity index (χ1n) is 13.1. The SMILES string of the molecule is NC(CCC(=O)O)C(=O)NC(Cc1ccc(O)cc1)C(=O)NC(Cc1ccc(O)cc1)C(=O)NC(CCC(=O)O)C(=O)O. The number of hydrogen-bond acceptors (Lipinski definition) is 9. The van der Waals surface area contributed by atoms with Crippen LogP contribution in [0.2, 0.25) is 0 Å². The largest absolute Gasteiger partial charge is 0.508 e. The maximum Gasteiger partial charge on any atom is 0.326 e. The van der Waals surface area contributed by atoms with Crippen LogP contribution in [0.5, 0.6) is 11.5 Å². The van der Waals surface area contributed by atoms with E-state index in [0.29, 0.717) is 11.1 Å². The Morgan fingerprint density at radius 2 is 0.953 bits per heavy atom. The predicted octanol–water partition coefficient (Wildman–Crippen LogP) is -0.521. The minimum absolute atomic E-state index is 0.0500. The van der Waals surface area contributed by atoms with Gasteiger partial charge in [0.2, 0.25) is 17.7 Å². The first kappa shape index (κ1) is 34.0. The van der Waals surface area contributed by atoms with Crippen molar-refractivity contribution in [1.29, 1.82) is 0 Å². The summed E-state index contributed by atoms with van der Waals surface area (Å²) in [7, 11) is 0. The lowest BCUT2D eigenvalue weighted by Crippen LogP contribution is -2.58. The Morgan fingerprint density at radius 1 is 0.581 bits per heavy atom. The summed E-state index contributed by atoms with van der Waals surface area (Å²) in [6.45, 7) is 0. The summed E-state index contributed by atoms with van der Waals surface area (Å²) in [5, 5.41) is 53.7. The van der Waals surface area contributed by atoms with Gasteiger partial charge in [0, 0.05) is 25.7 Å². The number of amides is 3. The van der Waals surface area contributed by atoms with Crippen molar-refractivity contribution in [1.82, 2.24) is 16.0 Å². The molecule has 2 aromatic carbocycles. The van der Waals surface area contributed by atoms with E-state index in [1.54, 1.807) is 0 Å². The minimum atomic E-state index is -1.58. The van der Waals surface area contributed by atoms with Crippen LogP contribution in [-0.4, -0.2) is 85.3 Å². The predicted molar refractivity (Wildman–Crippen MR) is 149 cm³/mol. The molecule has 232 valence electrons. The molecule has 0 fully saturated rings. The molecule has 0 saturated heterocycles. The third-order valence-corrected chi connectivity index (χ3v) is 6.29. The van der Waals surface area contributed by atoms with Crippen LogP contribution >= 0.6 is 0 Å². The number of phenolic OH excluding ortho intramolecular Hbond substituents is 2. The number of phenols is 2. The van der Waals surface area contributed by atoms with Gasteiger partial charge < -0.3 is 47.2 Å². The lowest BCUT2D eigenvalue weighted by molar-refractivity contribution is -0.143. The summed E-state index contributed by atoms with van der Waals surface area (Å²) >= 11 is 0. The van der Waals surface area contributed by atoms with Crippen LogP contribution in [-0.2, 0) is 41.6 Å². The van der Waals surface area contributed by atoms with E-state index < -0.39 is 79.1 Å². The molecule has 2 rings (SSSR count). The van der Waals surface area contributed by atoms with E-state index in [9.17, 15) is 44.1 Å². The normalized spacial score (nSPS) is 13.5. The lowest BCUT2D eigenvalue weighted by Gasteiger charge is -2.25. The Hall–Kier alpha value is -5.18. The van der Waals surface area contributed by atoms with Crippen molar-refractivity contribution in [2.75, 3.05) is 0 Å². The summed E-state index contributed by atoms with van der Waals surface area (Å²) in [5.41, 5.74) is 6.76. The van der Waals surface area contributed by atoms with Crippen LogP contribution in [0.15, 0.2) is 48.5 Å². The van der Waals surface area contributed by atoms with Crippen molar-refractivity contribution >= 4 is 35.6 Å². The first-order valence-corrected chi connectivity index (χ1v) is 13.1.